The Hall–Kier alpha value is -1.92. The minimum atomic E-state index is -0.674. The number of esters is 1. The van der Waals surface area contributed by atoms with E-state index in [0.29, 0.717) is 17.8 Å². The molecule has 0 radical (unpaired) electrons. The molecular formula is C13H16N2O4. The van der Waals surface area contributed by atoms with Gasteiger partial charge in [0.2, 0.25) is 5.91 Å². The van der Waals surface area contributed by atoms with Crippen LogP contribution in [0.1, 0.15) is 10.4 Å². The molecule has 1 saturated heterocycles. The first-order valence-electron chi connectivity index (χ1n) is 5.86. The number of rotatable bonds is 3. The first kappa shape index (κ1) is 13.5. The van der Waals surface area contributed by atoms with Crippen LogP contribution in [-0.4, -0.2) is 44.8 Å². The molecule has 0 bridgehead atoms. The Bertz CT molecular complexity index is 503. The van der Waals surface area contributed by atoms with Gasteiger partial charge in [-0.3, -0.25) is 4.79 Å². The molecule has 1 fully saturated rings. The van der Waals surface area contributed by atoms with Crippen LogP contribution in [0.25, 0.3) is 0 Å². The highest BCUT2D eigenvalue weighted by atomic mass is 16.5. The van der Waals surface area contributed by atoms with Crippen molar-refractivity contribution in [2.75, 3.05) is 25.7 Å². The summed E-state index contributed by atoms with van der Waals surface area (Å²) in [6, 6.07) is 6.00. The largest absolute Gasteiger partial charge is 0.465 e. The fraction of sp³-hybridized carbons (Fsp3) is 0.385. The van der Waals surface area contributed by atoms with Crippen molar-refractivity contribution in [1.29, 1.82) is 0 Å². The number of amides is 1. The van der Waals surface area contributed by atoms with Crippen LogP contribution < -0.4 is 10.6 Å². The molecule has 2 atom stereocenters. The highest BCUT2D eigenvalue weighted by Gasteiger charge is 2.38. The standard InChI is InChI=1S/C13H16N2O4/c1-18-10-7-15(12(16)11(10)14)9-5-3-4-8(6-9)13(17)19-2/h3-6,10-11H,7,14H2,1-2H3. The summed E-state index contributed by atoms with van der Waals surface area (Å²) in [4.78, 5) is 25.0. The maximum absolute atomic E-state index is 12.0. The number of benzene rings is 1. The van der Waals surface area contributed by atoms with Gasteiger partial charge in [-0.05, 0) is 18.2 Å². The normalized spacial score (nSPS) is 22.7. The summed E-state index contributed by atoms with van der Waals surface area (Å²) in [6.45, 7) is 0.376. The lowest BCUT2D eigenvalue weighted by Crippen LogP contribution is -2.38. The van der Waals surface area contributed by atoms with Gasteiger partial charge in [0.15, 0.2) is 0 Å². The molecule has 0 spiro atoms. The number of carbonyl (C=O) groups is 2. The van der Waals surface area contributed by atoms with Crippen LogP contribution in [0.5, 0.6) is 0 Å². The molecule has 19 heavy (non-hydrogen) atoms. The smallest absolute Gasteiger partial charge is 0.337 e. The van der Waals surface area contributed by atoms with Gasteiger partial charge in [0.1, 0.15) is 6.04 Å². The van der Waals surface area contributed by atoms with Crippen LogP contribution in [-0.2, 0) is 14.3 Å². The predicted molar refractivity (Wildman–Crippen MR) is 68.9 cm³/mol. The molecule has 102 valence electrons. The number of hydrogen-bond acceptors (Lipinski definition) is 5. The zero-order chi connectivity index (χ0) is 14.0. The van der Waals surface area contributed by atoms with E-state index in [0.717, 1.165) is 0 Å². The molecule has 1 amide bonds. The Morgan fingerprint density at radius 1 is 1.42 bits per heavy atom. The Balaban J connectivity index is 2.28. The number of ether oxygens (including phenoxy) is 2. The molecule has 1 heterocycles. The van der Waals surface area contributed by atoms with E-state index in [1.54, 1.807) is 24.3 Å². The van der Waals surface area contributed by atoms with Crippen molar-refractivity contribution in [3.05, 3.63) is 29.8 Å². The molecule has 1 aromatic carbocycles. The third kappa shape index (κ3) is 2.45. The number of carbonyl (C=O) groups excluding carboxylic acids is 2. The average molecular weight is 264 g/mol. The van der Waals surface area contributed by atoms with Crippen LogP contribution in [0.3, 0.4) is 0 Å². The summed E-state index contributed by atoms with van der Waals surface area (Å²) in [7, 11) is 2.83. The third-order valence-corrected chi connectivity index (χ3v) is 3.20. The van der Waals surface area contributed by atoms with E-state index < -0.39 is 12.0 Å². The zero-order valence-corrected chi connectivity index (χ0v) is 10.8. The fourth-order valence-corrected chi connectivity index (χ4v) is 2.09. The molecular weight excluding hydrogens is 248 g/mol. The van der Waals surface area contributed by atoms with Crippen LogP contribution >= 0.6 is 0 Å². The molecule has 2 N–H and O–H groups in total. The Kier molecular flexibility index (Phi) is 3.82. The molecule has 1 aliphatic heterocycles. The third-order valence-electron chi connectivity index (χ3n) is 3.20. The summed E-state index contributed by atoms with van der Waals surface area (Å²) in [6.07, 6.45) is -0.339. The molecule has 1 aliphatic rings. The van der Waals surface area contributed by atoms with Crippen molar-refractivity contribution in [3.8, 4) is 0 Å². The second-order valence-electron chi connectivity index (χ2n) is 4.29. The van der Waals surface area contributed by atoms with Gasteiger partial charge >= 0.3 is 5.97 Å². The summed E-state index contributed by atoms with van der Waals surface area (Å²) < 4.78 is 9.82. The van der Waals surface area contributed by atoms with Gasteiger partial charge < -0.3 is 20.1 Å². The lowest BCUT2D eigenvalue weighted by atomic mass is 10.2. The monoisotopic (exact) mass is 264 g/mol. The van der Waals surface area contributed by atoms with E-state index >= 15 is 0 Å². The van der Waals surface area contributed by atoms with Crippen LogP contribution in [0, 0.1) is 0 Å². The first-order valence-corrected chi connectivity index (χ1v) is 5.86. The van der Waals surface area contributed by atoms with Crippen molar-refractivity contribution in [3.63, 3.8) is 0 Å². The number of nitrogens with zero attached hydrogens (tertiary/aromatic N) is 1. The van der Waals surface area contributed by atoms with Gasteiger partial charge in [0.05, 0.1) is 25.3 Å². The van der Waals surface area contributed by atoms with E-state index in [1.807, 2.05) is 0 Å². The molecule has 2 rings (SSSR count). The summed E-state index contributed by atoms with van der Waals surface area (Å²) in [5, 5.41) is 0. The van der Waals surface area contributed by atoms with Crippen molar-refractivity contribution >= 4 is 17.6 Å². The van der Waals surface area contributed by atoms with Gasteiger partial charge in [-0.15, -0.1) is 0 Å². The fourth-order valence-electron chi connectivity index (χ4n) is 2.09. The highest BCUT2D eigenvalue weighted by Crippen LogP contribution is 2.23. The Morgan fingerprint density at radius 2 is 2.16 bits per heavy atom. The second kappa shape index (κ2) is 5.38. The first-order chi connectivity index (χ1) is 9.08. The Labute approximate surface area is 111 Å². The molecule has 6 heteroatoms. The van der Waals surface area contributed by atoms with E-state index in [1.165, 1.54) is 19.1 Å². The van der Waals surface area contributed by atoms with Crippen LogP contribution in [0.2, 0.25) is 0 Å². The molecule has 0 aromatic heterocycles. The topological polar surface area (TPSA) is 81.9 Å². The molecule has 1 aromatic rings. The van der Waals surface area contributed by atoms with Crippen molar-refractivity contribution < 1.29 is 19.1 Å². The summed E-state index contributed by atoms with van der Waals surface area (Å²) >= 11 is 0. The lowest BCUT2D eigenvalue weighted by molar-refractivity contribution is -0.119. The number of methoxy groups -OCH3 is 2. The van der Waals surface area contributed by atoms with Gasteiger partial charge in [0.25, 0.3) is 0 Å². The van der Waals surface area contributed by atoms with Crippen molar-refractivity contribution in [2.24, 2.45) is 5.73 Å². The minimum absolute atomic E-state index is 0.214. The second-order valence-corrected chi connectivity index (χ2v) is 4.29. The van der Waals surface area contributed by atoms with E-state index in [-0.39, 0.29) is 12.0 Å². The quantitative estimate of drug-likeness (QED) is 0.786. The molecule has 0 aliphatic carbocycles. The predicted octanol–water partition coefficient (Wildman–Crippen LogP) is 0.162. The zero-order valence-electron chi connectivity index (χ0n) is 10.8. The maximum atomic E-state index is 12.0. The minimum Gasteiger partial charge on any atom is -0.465 e. The number of hydrogen-bond donors (Lipinski definition) is 1. The van der Waals surface area contributed by atoms with E-state index in [9.17, 15) is 9.59 Å². The summed E-state index contributed by atoms with van der Waals surface area (Å²) in [5.41, 5.74) is 6.78. The van der Waals surface area contributed by atoms with Crippen LogP contribution in [0.4, 0.5) is 5.69 Å². The van der Waals surface area contributed by atoms with Gasteiger partial charge in [0, 0.05) is 12.8 Å². The lowest BCUT2D eigenvalue weighted by Gasteiger charge is -2.16. The van der Waals surface area contributed by atoms with Gasteiger partial charge in [-0.2, -0.15) is 0 Å². The van der Waals surface area contributed by atoms with E-state index in [4.69, 9.17) is 10.5 Å². The van der Waals surface area contributed by atoms with Crippen LogP contribution in [0.15, 0.2) is 24.3 Å². The van der Waals surface area contributed by atoms with E-state index in [2.05, 4.69) is 4.74 Å². The molecule has 2 unspecified atom stereocenters. The summed E-state index contributed by atoms with van der Waals surface area (Å²) in [5.74, 6) is -0.657. The number of anilines is 1. The highest BCUT2D eigenvalue weighted by molar-refractivity contribution is 6.01. The van der Waals surface area contributed by atoms with Crippen molar-refractivity contribution in [1.82, 2.24) is 0 Å². The average Bonchev–Trinajstić information content (AvgIpc) is 2.74. The SMILES string of the molecule is COC(=O)c1cccc(N2CC(OC)C(N)C2=O)c1. The Morgan fingerprint density at radius 3 is 2.74 bits per heavy atom. The molecule has 0 saturated carbocycles. The van der Waals surface area contributed by atoms with Gasteiger partial charge in [-0.25, -0.2) is 4.79 Å². The molecule has 6 nitrogen and oxygen atoms in total. The maximum Gasteiger partial charge on any atom is 0.337 e. The van der Waals surface area contributed by atoms with Crippen molar-refractivity contribution in [2.45, 2.75) is 12.1 Å². The van der Waals surface area contributed by atoms with Gasteiger partial charge in [-0.1, -0.05) is 6.07 Å². The number of nitrogens with two attached hydrogens (primary N) is 1.